The summed E-state index contributed by atoms with van der Waals surface area (Å²) in [6.07, 6.45) is -0.509. The van der Waals surface area contributed by atoms with Crippen molar-refractivity contribution in [1.82, 2.24) is 0 Å². The van der Waals surface area contributed by atoms with E-state index in [4.69, 9.17) is 5.73 Å². The highest BCUT2D eigenvalue weighted by Gasteiger charge is 2.15. The van der Waals surface area contributed by atoms with E-state index in [1.165, 1.54) is 5.56 Å². The molecule has 1 aromatic rings. The molecular weight excluding hydrogens is 186 g/mol. The van der Waals surface area contributed by atoms with Gasteiger partial charge in [0, 0.05) is 0 Å². The number of aliphatic hydroxyl groups is 1. The minimum absolute atomic E-state index is 0.160. The van der Waals surface area contributed by atoms with E-state index in [9.17, 15) is 5.11 Å². The third-order valence-corrected chi connectivity index (χ3v) is 2.68. The summed E-state index contributed by atoms with van der Waals surface area (Å²) in [5.41, 5.74) is 8.27. The van der Waals surface area contributed by atoms with Gasteiger partial charge in [0.25, 0.3) is 0 Å². The minimum Gasteiger partial charge on any atom is -0.391 e. The summed E-state index contributed by atoms with van der Waals surface area (Å²) in [6, 6.07) is 7.87. The molecule has 0 amide bonds. The maximum Gasteiger partial charge on any atom is 0.0704 e. The van der Waals surface area contributed by atoms with Gasteiger partial charge in [-0.05, 0) is 23.5 Å². The van der Waals surface area contributed by atoms with Crippen LogP contribution in [0.1, 0.15) is 44.9 Å². The van der Waals surface area contributed by atoms with Crippen molar-refractivity contribution in [2.45, 2.75) is 45.3 Å². The van der Waals surface area contributed by atoms with E-state index in [0.29, 0.717) is 0 Å². The molecule has 3 N–H and O–H groups in total. The highest BCUT2D eigenvalue weighted by Crippen LogP contribution is 2.24. The molecule has 1 rings (SSSR count). The Morgan fingerprint density at radius 1 is 1.13 bits per heavy atom. The molecule has 0 spiro atoms. The number of rotatable bonds is 2. The highest BCUT2D eigenvalue weighted by atomic mass is 16.3. The summed E-state index contributed by atoms with van der Waals surface area (Å²) in [7, 11) is 0. The molecule has 0 bridgehead atoms. The average Bonchev–Trinajstić information content (AvgIpc) is 2.15. The third-order valence-electron chi connectivity index (χ3n) is 2.68. The second-order valence-electron chi connectivity index (χ2n) is 5.14. The minimum atomic E-state index is -0.509. The van der Waals surface area contributed by atoms with Gasteiger partial charge in [-0.3, -0.25) is 0 Å². The Kier molecular flexibility index (Phi) is 3.53. The molecule has 1 unspecified atom stereocenters. The van der Waals surface area contributed by atoms with Gasteiger partial charge in [-0.1, -0.05) is 45.0 Å². The first-order chi connectivity index (χ1) is 6.82. The fourth-order valence-corrected chi connectivity index (χ4v) is 1.48. The van der Waals surface area contributed by atoms with Crippen molar-refractivity contribution in [3.05, 3.63) is 35.4 Å². The largest absolute Gasteiger partial charge is 0.391 e. The van der Waals surface area contributed by atoms with Crippen molar-refractivity contribution in [3.63, 3.8) is 0 Å². The Hall–Kier alpha value is -0.860. The van der Waals surface area contributed by atoms with Gasteiger partial charge in [0.1, 0.15) is 0 Å². The molecule has 0 fully saturated rings. The Labute approximate surface area is 92.1 Å². The molecule has 2 nitrogen and oxygen atoms in total. The van der Waals surface area contributed by atoms with Crippen LogP contribution >= 0.6 is 0 Å². The summed E-state index contributed by atoms with van der Waals surface area (Å²) in [5, 5.41) is 9.38. The van der Waals surface area contributed by atoms with Crippen LogP contribution in [0.5, 0.6) is 0 Å². The van der Waals surface area contributed by atoms with Crippen LogP contribution < -0.4 is 5.73 Å². The van der Waals surface area contributed by atoms with E-state index in [0.717, 1.165) is 5.56 Å². The van der Waals surface area contributed by atoms with E-state index >= 15 is 0 Å². The van der Waals surface area contributed by atoms with Crippen molar-refractivity contribution >= 4 is 0 Å². The lowest BCUT2D eigenvalue weighted by molar-refractivity contribution is 0.164. The van der Waals surface area contributed by atoms with Crippen molar-refractivity contribution in [2.24, 2.45) is 5.73 Å². The number of benzene rings is 1. The first kappa shape index (κ1) is 12.2. The van der Waals surface area contributed by atoms with Crippen LogP contribution in [-0.2, 0) is 5.41 Å². The third kappa shape index (κ3) is 3.05. The lowest BCUT2D eigenvalue weighted by atomic mass is 9.86. The Morgan fingerprint density at radius 2 is 1.60 bits per heavy atom. The van der Waals surface area contributed by atoms with Gasteiger partial charge < -0.3 is 10.8 Å². The first-order valence-corrected chi connectivity index (χ1v) is 5.36. The highest BCUT2D eigenvalue weighted by molar-refractivity contribution is 5.29. The molecule has 0 saturated carbocycles. The van der Waals surface area contributed by atoms with E-state index in [2.05, 4.69) is 32.9 Å². The molecule has 0 aliphatic rings. The van der Waals surface area contributed by atoms with Gasteiger partial charge in [0.05, 0.1) is 12.1 Å². The second kappa shape index (κ2) is 4.33. The molecule has 2 atom stereocenters. The van der Waals surface area contributed by atoms with Crippen LogP contribution in [0.3, 0.4) is 0 Å². The fourth-order valence-electron chi connectivity index (χ4n) is 1.48. The lowest BCUT2D eigenvalue weighted by Gasteiger charge is -2.21. The zero-order chi connectivity index (χ0) is 11.6. The van der Waals surface area contributed by atoms with Gasteiger partial charge in [-0.2, -0.15) is 0 Å². The molecule has 0 saturated heterocycles. The van der Waals surface area contributed by atoms with Gasteiger partial charge in [0.2, 0.25) is 0 Å². The average molecular weight is 207 g/mol. The summed E-state index contributed by atoms with van der Waals surface area (Å²) in [5.74, 6) is 0. The second-order valence-corrected chi connectivity index (χ2v) is 5.14. The zero-order valence-corrected chi connectivity index (χ0v) is 9.99. The molecule has 0 heterocycles. The number of aliphatic hydroxyl groups excluding tert-OH is 1. The van der Waals surface area contributed by atoms with E-state index in [1.54, 1.807) is 6.92 Å². The maximum absolute atomic E-state index is 9.38. The van der Waals surface area contributed by atoms with Crippen LogP contribution in [0.15, 0.2) is 24.3 Å². The summed E-state index contributed by atoms with van der Waals surface area (Å²) in [6.45, 7) is 8.24. The SMILES string of the molecule is CC(O)[C@@H](N)c1ccc(C(C)(C)C)cc1. The maximum atomic E-state index is 9.38. The van der Waals surface area contributed by atoms with Crippen molar-refractivity contribution in [2.75, 3.05) is 0 Å². The normalized spacial score (nSPS) is 16.1. The predicted octanol–water partition coefficient (Wildman–Crippen LogP) is 2.36. The number of nitrogens with two attached hydrogens (primary N) is 1. The van der Waals surface area contributed by atoms with Crippen molar-refractivity contribution in [1.29, 1.82) is 0 Å². The van der Waals surface area contributed by atoms with Crippen LogP contribution in [-0.4, -0.2) is 11.2 Å². The number of hydrogen-bond donors (Lipinski definition) is 2. The Bertz CT molecular complexity index is 308. The van der Waals surface area contributed by atoms with Crippen molar-refractivity contribution < 1.29 is 5.11 Å². The Balaban J connectivity index is 2.91. The molecular formula is C13H21NO. The topological polar surface area (TPSA) is 46.2 Å². The fraction of sp³-hybridized carbons (Fsp3) is 0.538. The van der Waals surface area contributed by atoms with Crippen LogP contribution in [0.2, 0.25) is 0 Å². The van der Waals surface area contributed by atoms with Crippen LogP contribution in [0, 0.1) is 0 Å². The molecule has 0 radical (unpaired) electrons. The van der Waals surface area contributed by atoms with Gasteiger partial charge in [-0.25, -0.2) is 0 Å². The van der Waals surface area contributed by atoms with E-state index < -0.39 is 6.10 Å². The molecule has 0 aromatic heterocycles. The monoisotopic (exact) mass is 207 g/mol. The molecule has 84 valence electrons. The van der Waals surface area contributed by atoms with E-state index in [-0.39, 0.29) is 11.5 Å². The molecule has 15 heavy (non-hydrogen) atoms. The molecule has 0 aliphatic heterocycles. The summed E-state index contributed by atoms with van der Waals surface area (Å²) in [4.78, 5) is 0. The standard InChI is InChI=1S/C13H21NO/c1-9(15)12(14)10-5-7-11(8-6-10)13(2,3)4/h5-9,12,15H,14H2,1-4H3/t9?,12-/m1/s1. The quantitative estimate of drug-likeness (QED) is 0.782. The zero-order valence-electron chi connectivity index (χ0n) is 9.99. The van der Waals surface area contributed by atoms with Crippen LogP contribution in [0.25, 0.3) is 0 Å². The van der Waals surface area contributed by atoms with Gasteiger partial charge >= 0.3 is 0 Å². The van der Waals surface area contributed by atoms with Crippen molar-refractivity contribution in [3.8, 4) is 0 Å². The predicted molar refractivity (Wildman–Crippen MR) is 63.8 cm³/mol. The van der Waals surface area contributed by atoms with Gasteiger partial charge in [-0.15, -0.1) is 0 Å². The van der Waals surface area contributed by atoms with E-state index in [1.807, 2.05) is 12.1 Å². The molecule has 2 heteroatoms. The number of hydrogen-bond acceptors (Lipinski definition) is 2. The Morgan fingerprint density at radius 3 is 1.93 bits per heavy atom. The smallest absolute Gasteiger partial charge is 0.0704 e. The molecule has 1 aromatic carbocycles. The van der Waals surface area contributed by atoms with Crippen LogP contribution in [0.4, 0.5) is 0 Å². The molecule has 0 aliphatic carbocycles. The lowest BCUT2D eigenvalue weighted by Crippen LogP contribution is -2.23. The summed E-state index contributed by atoms with van der Waals surface area (Å²) >= 11 is 0. The summed E-state index contributed by atoms with van der Waals surface area (Å²) < 4.78 is 0. The first-order valence-electron chi connectivity index (χ1n) is 5.36. The van der Waals surface area contributed by atoms with Gasteiger partial charge in [0.15, 0.2) is 0 Å².